The summed E-state index contributed by atoms with van der Waals surface area (Å²) in [5.74, 6) is 0. The van der Waals surface area contributed by atoms with Crippen LogP contribution in [0.25, 0.3) is 0 Å². The quantitative estimate of drug-likeness (QED) is 0.349. The van der Waals surface area contributed by atoms with Gasteiger partial charge in [-0.2, -0.15) is 0 Å². The van der Waals surface area contributed by atoms with Crippen LogP contribution in [0.5, 0.6) is 0 Å². The van der Waals surface area contributed by atoms with Crippen molar-refractivity contribution in [1.82, 2.24) is 0 Å². The van der Waals surface area contributed by atoms with Crippen molar-refractivity contribution in [1.29, 1.82) is 0 Å². The van der Waals surface area contributed by atoms with Gasteiger partial charge in [-0.25, -0.2) is 0 Å². The van der Waals surface area contributed by atoms with Crippen molar-refractivity contribution in [2.75, 3.05) is 0 Å². The maximum atomic E-state index is 9.59. The Morgan fingerprint density at radius 3 is 1.00 bits per heavy atom. The second kappa shape index (κ2) is 14.4. The molecule has 4 atom stereocenters. The van der Waals surface area contributed by atoms with Crippen molar-refractivity contribution < 1.29 is 10.2 Å². The van der Waals surface area contributed by atoms with Gasteiger partial charge in [-0.15, -0.1) is 0 Å². The second-order valence-electron chi connectivity index (χ2n) is 6.97. The fourth-order valence-electron chi connectivity index (χ4n) is 2.65. The van der Waals surface area contributed by atoms with Crippen LogP contribution in [0.15, 0.2) is 0 Å². The number of hydrogen-bond donors (Lipinski definition) is 4. The molecule has 0 fully saturated rings. The Morgan fingerprint density at radius 1 is 0.545 bits per heavy atom. The average Bonchev–Trinajstić information content (AvgIpc) is 2.47. The van der Waals surface area contributed by atoms with Crippen LogP contribution in [-0.2, 0) is 0 Å². The van der Waals surface area contributed by atoms with Gasteiger partial charge >= 0.3 is 0 Å². The summed E-state index contributed by atoms with van der Waals surface area (Å²) in [7, 11) is 0. The molecule has 0 aromatic heterocycles. The lowest BCUT2D eigenvalue weighted by atomic mass is 10.0. The minimum absolute atomic E-state index is 0.103. The first kappa shape index (κ1) is 21.8. The third kappa shape index (κ3) is 13.5. The summed E-state index contributed by atoms with van der Waals surface area (Å²) in [5.41, 5.74) is 11.3. The van der Waals surface area contributed by atoms with Crippen molar-refractivity contribution in [2.24, 2.45) is 11.5 Å². The van der Waals surface area contributed by atoms with Gasteiger partial charge in [0, 0.05) is 12.1 Å². The molecule has 6 N–H and O–H groups in total. The highest BCUT2D eigenvalue weighted by Gasteiger charge is 2.08. The van der Waals surface area contributed by atoms with Crippen LogP contribution in [-0.4, -0.2) is 34.5 Å². The van der Waals surface area contributed by atoms with Gasteiger partial charge < -0.3 is 21.7 Å². The third-order valence-electron chi connectivity index (χ3n) is 4.46. The molecule has 0 heterocycles. The lowest BCUT2D eigenvalue weighted by Gasteiger charge is -2.13. The molecule has 4 heteroatoms. The van der Waals surface area contributed by atoms with E-state index in [4.69, 9.17) is 11.5 Å². The maximum Gasteiger partial charge on any atom is 0.0688 e. The van der Waals surface area contributed by atoms with Crippen LogP contribution in [0.1, 0.15) is 90.9 Å². The first-order chi connectivity index (χ1) is 10.4. The van der Waals surface area contributed by atoms with Gasteiger partial charge in [0.1, 0.15) is 0 Å². The molecular weight excluding hydrogens is 276 g/mol. The van der Waals surface area contributed by atoms with Gasteiger partial charge in [0.2, 0.25) is 0 Å². The van der Waals surface area contributed by atoms with Gasteiger partial charge in [0.25, 0.3) is 0 Å². The number of hydrogen-bond acceptors (Lipinski definition) is 4. The molecule has 0 aliphatic carbocycles. The largest absolute Gasteiger partial charge is 0.392 e. The van der Waals surface area contributed by atoms with E-state index in [0.29, 0.717) is 0 Å². The molecule has 134 valence electrons. The number of nitrogens with two attached hydrogens (primary N) is 2. The van der Waals surface area contributed by atoms with E-state index in [1.165, 1.54) is 51.4 Å². The Kier molecular flexibility index (Phi) is 14.3. The molecule has 0 saturated carbocycles. The molecule has 0 spiro atoms. The first-order valence-corrected chi connectivity index (χ1v) is 9.32. The van der Waals surface area contributed by atoms with E-state index >= 15 is 0 Å². The molecule has 0 unspecified atom stereocenters. The van der Waals surface area contributed by atoms with Gasteiger partial charge in [0.05, 0.1) is 12.2 Å². The highest BCUT2D eigenvalue weighted by Crippen LogP contribution is 2.13. The van der Waals surface area contributed by atoms with Gasteiger partial charge in [-0.3, -0.25) is 0 Å². The fourth-order valence-corrected chi connectivity index (χ4v) is 2.65. The topological polar surface area (TPSA) is 92.5 Å². The smallest absolute Gasteiger partial charge is 0.0688 e. The van der Waals surface area contributed by atoms with Crippen LogP contribution in [0, 0.1) is 0 Å². The van der Waals surface area contributed by atoms with Crippen LogP contribution in [0.2, 0.25) is 0 Å². The van der Waals surface area contributed by atoms with Crippen molar-refractivity contribution in [3.05, 3.63) is 0 Å². The molecule has 0 amide bonds. The monoisotopic (exact) mass is 316 g/mol. The van der Waals surface area contributed by atoms with Crippen molar-refractivity contribution in [3.8, 4) is 0 Å². The number of aliphatic hydroxyl groups excluding tert-OH is 2. The summed E-state index contributed by atoms with van der Waals surface area (Å²) in [4.78, 5) is 0. The standard InChI is InChI=1S/C18H40N2O2/c1-15(19)17(21)13-11-9-7-5-3-4-6-8-10-12-14-18(22)16(2)20/h15-18,21-22H,3-14,19-20H2,1-2H3/t15-,16-,17+,18+/m1/s1. The summed E-state index contributed by atoms with van der Waals surface area (Å²) in [5, 5.41) is 19.2. The SMILES string of the molecule is C[C@@H](N)[C@@H](O)CCCCCCCCCCCC[C@H](O)[C@@H](C)N. The Morgan fingerprint density at radius 2 is 0.773 bits per heavy atom. The van der Waals surface area contributed by atoms with Crippen LogP contribution < -0.4 is 11.5 Å². The molecule has 0 aliphatic heterocycles. The van der Waals surface area contributed by atoms with Crippen LogP contribution in [0.3, 0.4) is 0 Å². The Labute approximate surface area is 137 Å². The second-order valence-corrected chi connectivity index (χ2v) is 6.97. The van der Waals surface area contributed by atoms with Gasteiger partial charge in [-0.1, -0.05) is 64.2 Å². The summed E-state index contributed by atoms with van der Waals surface area (Å²) in [6.45, 7) is 3.73. The number of unbranched alkanes of at least 4 members (excludes halogenated alkanes) is 9. The predicted octanol–water partition coefficient (Wildman–Crippen LogP) is 3.08. The third-order valence-corrected chi connectivity index (χ3v) is 4.46. The van der Waals surface area contributed by atoms with E-state index in [1.54, 1.807) is 0 Å². The van der Waals surface area contributed by atoms with E-state index in [2.05, 4.69) is 0 Å². The Hall–Kier alpha value is -0.160. The molecule has 0 aromatic carbocycles. The number of rotatable bonds is 15. The van der Waals surface area contributed by atoms with E-state index in [-0.39, 0.29) is 24.3 Å². The Bertz CT molecular complexity index is 211. The van der Waals surface area contributed by atoms with Gasteiger partial charge in [0.15, 0.2) is 0 Å². The summed E-state index contributed by atoms with van der Waals surface area (Å²) < 4.78 is 0. The molecule has 22 heavy (non-hydrogen) atoms. The molecular formula is C18H40N2O2. The molecule has 0 bridgehead atoms. The zero-order valence-corrected chi connectivity index (χ0v) is 14.8. The van der Waals surface area contributed by atoms with E-state index in [0.717, 1.165) is 25.7 Å². The fraction of sp³-hybridized carbons (Fsp3) is 1.00. The van der Waals surface area contributed by atoms with Crippen LogP contribution >= 0.6 is 0 Å². The molecule has 4 nitrogen and oxygen atoms in total. The lowest BCUT2D eigenvalue weighted by molar-refractivity contribution is 0.137. The minimum Gasteiger partial charge on any atom is -0.392 e. The van der Waals surface area contributed by atoms with E-state index in [1.807, 2.05) is 13.8 Å². The zero-order valence-electron chi connectivity index (χ0n) is 14.8. The van der Waals surface area contributed by atoms with Crippen molar-refractivity contribution in [2.45, 2.75) is 115 Å². The molecule has 0 aliphatic rings. The molecule has 0 aromatic rings. The van der Waals surface area contributed by atoms with Crippen molar-refractivity contribution >= 4 is 0 Å². The van der Waals surface area contributed by atoms with Crippen molar-refractivity contribution in [3.63, 3.8) is 0 Å². The van der Waals surface area contributed by atoms with E-state index in [9.17, 15) is 10.2 Å². The average molecular weight is 317 g/mol. The first-order valence-electron chi connectivity index (χ1n) is 9.32. The summed E-state index contributed by atoms with van der Waals surface area (Å²) >= 11 is 0. The lowest BCUT2D eigenvalue weighted by Crippen LogP contribution is -2.31. The maximum absolute atomic E-state index is 9.59. The molecule has 0 radical (unpaired) electrons. The highest BCUT2D eigenvalue weighted by atomic mass is 16.3. The summed E-state index contributed by atoms with van der Waals surface area (Å²) in [6.07, 6.45) is 13.4. The van der Waals surface area contributed by atoms with Crippen LogP contribution in [0.4, 0.5) is 0 Å². The van der Waals surface area contributed by atoms with E-state index < -0.39 is 0 Å². The highest BCUT2D eigenvalue weighted by molar-refractivity contribution is 4.66. The number of aliphatic hydroxyl groups is 2. The molecule has 0 rings (SSSR count). The minimum atomic E-state index is -0.333. The molecule has 0 saturated heterocycles. The Balaban J connectivity index is 3.15. The zero-order chi connectivity index (χ0) is 16.8. The summed E-state index contributed by atoms with van der Waals surface area (Å²) in [6, 6.07) is -0.205. The normalized spacial score (nSPS) is 17.2. The van der Waals surface area contributed by atoms with Gasteiger partial charge in [-0.05, 0) is 26.7 Å². The predicted molar refractivity (Wildman–Crippen MR) is 94.7 cm³/mol.